The molecule has 123 heavy (non-hydrogen) atoms. The first-order valence-corrected chi connectivity index (χ1v) is 44.7. The summed E-state index contributed by atoms with van der Waals surface area (Å²) in [5.41, 5.74) is 34.5. The van der Waals surface area contributed by atoms with Crippen LogP contribution in [0.3, 0.4) is 0 Å². The summed E-state index contributed by atoms with van der Waals surface area (Å²) in [7, 11) is 0. The Morgan fingerprint density at radius 2 is 0.520 bits per heavy atom. The first-order valence-electron chi connectivity index (χ1n) is 41.1. The van der Waals surface area contributed by atoms with Gasteiger partial charge in [-0.3, -0.25) is 0 Å². The van der Waals surface area contributed by atoms with Gasteiger partial charge in [-0.15, -0.1) is 0 Å². The zero-order chi connectivity index (χ0) is 82.4. The van der Waals surface area contributed by atoms with Crippen LogP contribution in [-0.2, 0) is 0 Å². The number of rotatable bonds is 14. The Labute approximate surface area is 737 Å². The summed E-state index contributed by atoms with van der Waals surface area (Å²) in [5, 5.41) is 3.80. The summed E-state index contributed by atoms with van der Waals surface area (Å²) in [4.78, 5) is 30.9. The summed E-state index contributed by atoms with van der Waals surface area (Å²) >= 11 is 5.84. The zero-order valence-electron chi connectivity index (χ0n) is 66.7. The minimum absolute atomic E-state index is 0.243. The van der Waals surface area contributed by atoms with Crippen molar-refractivity contribution in [2.75, 3.05) is 0 Å². The predicted octanol–water partition coefficient (Wildman–Crippen LogP) is 26.6. The van der Waals surface area contributed by atoms with Crippen LogP contribution >= 0.6 is 0 Å². The van der Waals surface area contributed by atoms with Gasteiger partial charge in [-0.2, -0.15) is 0 Å². The third kappa shape index (κ3) is 16.1. The third-order valence-electron chi connectivity index (χ3n) is 22.5. The Kier molecular flexibility index (Phi) is 22.0. The van der Waals surface area contributed by atoms with Gasteiger partial charge in [0, 0.05) is 0 Å². The van der Waals surface area contributed by atoms with Crippen LogP contribution in [-0.4, -0.2) is 76.4 Å². The van der Waals surface area contributed by atoms with E-state index < -0.39 is 0 Å². The zero-order valence-corrected chi connectivity index (χ0v) is 72.2. The van der Waals surface area contributed by atoms with Crippen LogP contribution in [0.5, 0.6) is 0 Å². The summed E-state index contributed by atoms with van der Waals surface area (Å²) in [5.74, 6) is 0.747. The molecule has 18 aromatic carbocycles. The molecule has 0 bridgehead atoms. The minimum atomic E-state index is 0.243. The maximum absolute atomic E-state index is 5.33. The quantitative estimate of drug-likeness (QED) is 0.101. The normalized spacial score (nSPS) is 11.2. The van der Waals surface area contributed by atoms with E-state index in [1.807, 2.05) is 84.9 Å². The third-order valence-corrected chi connectivity index (χ3v) is 27.0. The molecule has 0 saturated carbocycles. The molecule has 4 heterocycles. The van der Waals surface area contributed by atoms with E-state index in [9.17, 15) is 0 Å². The topological polar surface area (TPSA) is 77.3 Å². The van der Waals surface area contributed by atoms with Crippen molar-refractivity contribution in [3.05, 3.63) is 449 Å². The Morgan fingerprint density at radius 1 is 0.171 bits per heavy atom. The molecule has 6 nitrogen and oxygen atoms in total. The van der Waals surface area contributed by atoms with Crippen molar-refractivity contribution in [3.63, 3.8) is 0 Å². The average Bonchev–Trinajstić information content (AvgIpc) is 1.00. The Balaban J connectivity index is 0.000000117. The second-order valence-electron chi connectivity index (χ2n) is 30.2. The molecule has 0 radical (unpaired) electrons. The van der Waals surface area contributed by atoms with Crippen LogP contribution in [0.25, 0.3) is 209 Å². The molecule has 580 valence electrons. The van der Waals surface area contributed by atoms with Crippen molar-refractivity contribution in [1.29, 1.82) is 0 Å². The summed E-state index contributed by atoms with van der Waals surface area (Å²) in [6.07, 6.45) is 0. The molecule has 22 aromatic rings. The van der Waals surface area contributed by atoms with E-state index in [-0.39, 0.29) is 14.5 Å². The first-order chi connectivity index (χ1) is 60.8. The van der Waals surface area contributed by atoms with E-state index in [1.165, 1.54) is 96.1 Å². The molecule has 0 spiro atoms. The molecule has 0 amide bonds. The van der Waals surface area contributed by atoms with E-state index in [4.69, 9.17) is 29.9 Å². The van der Waals surface area contributed by atoms with Crippen molar-refractivity contribution in [2.24, 2.45) is 0 Å². The van der Waals surface area contributed by atoms with Crippen LogP contribution in [0.4, 0.5) is 0 Å². The number of benzene rings is 18. The molecular formula is C114H76N6Se3. The fourth-order valence-electron chi connectivity index (χ4n) is 16.4. The molecule has 4 aromatic heterocycles. The number of hydrogen-bond donors (Lipinski definition) is 0. The fourth-order valence-corrected chi connectivity index (χ4v) is 20.7. The number of nitrogens with zero attached hydrogens (tertiary/aromatic N) is 6. The van der Waals surface area contributed by atoms with Gasteiger partial charge >= 0.3 is 737 Å². The van der Waals surface area contributed by atoms with Gasteiger partial charge in [-0.05, 0) is 0 Å². The van der Waals surface area contributed by atoms with E-state index in [0.717, 1.165) is 122 Å². The van der Waals surface area contributed by atoms with Crippen molar-refractivity contribution < 1.29 is 0 Å². The van der Waals surface area contributed by atoms with Crippen molar-refractivity contribution in [2.45, 2.75) is 0 Å². The van der Waals surface area contributed by atoms with Crippen molar-refractivity contribution >= 4 is 108 Å². The van der Waals surface area contributed by atoms with E-state index in [1.54, 1.807) is 0 Å². The van der Waals surface area contributed by atoms with Crippen LogP contribution in [0, 0.1) is 0 Å². The Hall–Kier alpha value is -14.5. The SMILES string of the molecule is [SeH]c1c(-c2cccc(-c3ccccc3)c2)cccc1-c1ccc2nc(-c3ccccc3)c(-c3ccccc3)nc2c1.[SeH]c1c(-c2cccc(-c3ccccc3)c2)cccc1-c1cccc2nc(-c3ccccc3)c(-c3ccccc3)nc12.c1ccc(-c2nc(-c3ccccc3)c3cc(-c4ccc5c(c4)[se]c4c(-c6ccccc6)cccc45)ccc3n2)cc1. The Morgan fingerprint density at radius 3 is 1.05 bits per heavy atom. The van der Waals surface area contributed by atoms with Gasteiger partial charge in [0.15, 0.2) is 0 Å². The van der Waals surface area contributed by atoms with Gasteiger partial charge in [0.25, 0.3) is 0 Å². The molecule has 0 atom stereocenters. The van der Waals surface area contributed by atoms with Crippen LogP contribution in [0.1, 0.15) is 0 Å². The summed E-state index contributed by atoms with van der Waals surface area (Å²) in [6.45, 7) is 0. The molecule has 0 fully saturated rings. The Bertz CT molecular complexity index is 7550. The predicted molar refractivity (Wildman–Crippen MR) is 520 cm³/mol. The molecule has 0 unspecified atom stereocenters. The molecule has 0 aliphatic carbocycles. The van der Waals surface area contributed by atoms with Gasteiger partial charge in [-0.1, -0.05) is 6.07 Å². The van der Waals surface area contributed by atoms with E-state index >= 15 is 0 Å². The molecule has 9 heteroatoms. The second kappa shape index (κ2) is 35.1. The monoisotopic (exact) mass is 1770 g/mol. The first kappa shape index (κ1) is 77.2. The van der Waals surface area contributed by atoms with Gasteiger partial charge < -0.3 is 0 Å². The van der Waals surface area contributed by atoms with Crippen molar-refractivity contribution in [1.82, 2.24) is 29.9 Å². The van der Waals surface area contributed by atoms with Gasteiger partial charge in [0.05, 0.1) is 0 Å². The maximum atomic E-state index is 5.33. The number of para-hydroxylation sites is 1. The molecule has 22 rings (SSSR count). The second-order valence-corrected chi connectivity index (χ2v) is 34.3. The molecule has 0 aliphatic rings. The summed E-state index contributed by atoms with van der Waals surface area (Å²) < 4.78 is 5.26. The average molecular weight is 1770 g/mol. The van der Waals surface area contributed by atoms with Gasteiger partial charge in [-0.25, -0.2) is 0 Å². The number of fused-ring (bicyclic) bond motifs is 6. The molecule has 0 saturated heterocycles. The van der Waals surface area contributed by atoms with Gasteiger partial charge in [0.2, 0.25) is 0 Å². The standard InChI is InChI=1S/C38H24N2Se.2C38H26N2Se/c1-4-11-25(12-5-1)30-17-10-18-32-31-21-19-29(24-35(31)41-37(30)32)28-20-22-34-33(23-28)36(26-13-6-2-7-14-26)40-38(39-34)27-15-8-3-9-16-27;41-38-31(30-20-10-19-29(25-30)26-13-4-1-5-14-26)21-11-23-33(38)32-22-12-24-34-37(32)40-36(28-17-8-3-9-18-28)35(39-34)27-15-6-2-7-16-27;41-38-32(30-19-10-18-29(24-30)26-12-4-1-5-13-26)20-11-21-33(38)31-22-23-34-35(25-31)40-37(28-16-8-3-9-17-28)36(39-34)27-14-6-2-7-15-27/h1-24H;2*1-25,41H. The van der Waals surface area contributed by atoms with Gasteiger partial charge in [0.1, 0.15) is 0 Å². The number of aromatic nitrogens is 6. The summed E-state index contributed by atoms with van der Waals surface area (Å²) in [6, 6.07) is 157. The molecular weight excluding hydrogens is 1690 g/mol. The van der Waals surface area contributed by atoms with Crippen LogP contribution in [0.2, 0.25) is 0 Å². The van der Waals surface area contributed by atoms with Crippen molar-refractivity contribution in [3.8, 4) is 157 Å². The molecule has 0 N–H and O–H groups in total. The van der Waals surface area contributed by atoms with E-state index in [2.05, 4.69) is 396 Å². The molecule has 0 aliphatic heterocycles. The number of hydrogen-bond acceptors (Lipinski definition) is 6. The van der Waals surface area contributed by atoms with E-state index in [0.29, 0.717) is 0 Å². The van der Waals surface area contributed by atoms with Crippen LogP contribution < -0.4 is 8.92 Å². The van der Waals surface area contributed by atoms with Crippen LogP contribution in [0.15, 0.2) is 449 Å². The fraction of sp³-hybridized carbons (Fsp3) is 0.